The molecule has 2 heterocycles. The van der Waals surface area contributed by atoms with E-state index in [2.05, 4.69) is 27.2 Å². The number of rotatable bonds is 9. The molecular formula is C28H34F2N8OS. The Hall–Kier alpha value is -3.93. The fourth-order valence-electron chi connectivity index (χ4n) is 4.32. The number of carbonyl (C=O) groups is 1. The first-order valence-electron chi connectivity index (χ1n) is 12.7. The fourth-order valence-corrected chi connectivity index (χ4v) is 4.76. The topological polar surface area (TPSA) is 94.4 Å². The maximum absolute atomic E-state index is 15.0. The van der Waals surface area contributed by atoms with E-state index in [9.17, 15) is 13.6 Å². The molecule has 3 aromatic rings. The van der Waals surface area contributed by atoms with E-state index in [0.717, 1.165) is 24.1 Å². The number of hydrogen-bond acceptors (Lipinski definition) is 6. The maximum atomic E-state index is 15.0. The second-order valence-electron chi connectivity index (χ2n) is 10.00. The number of thioether (sulfide) groups is 1. The lowest BCUT2D eigenvalue weighted by Crippen LogP contribution is -2.26. The van der Waals surface area contributed by atoms with E-state index in [1.54, 1.807) is 52.2 Å². The Bertz CT molecular complexity index is 1490. The highest BCUT2D eigenvalue weighted by Crippen LogP contribution is 2.45. The van der Waals surface area contributed by atoms with Gasteiger partial charge in [-0.3, -0.25) is 14.6 Å². The molecule has 2 aromatic heterocycles. The van der Waals surface area contributed by atoms with Gasteiger partial charge in [-0.05, 0) is 56.6 Å². The minimum atomic E-state index is -0.683. The van der Waals surface area contributed by atoms with Gasteiger partial charge >= 0.3 is 0 Å². The molecule has 0 unspecified atom stereocenters. The van der Waals surface area contributed by atoms with E-state index in [1.807, 2.05) is 13.0 Å². The fraction of sp³-hybridized carbons (Fsp3) is 0.357. The van der Waals surface area contributed by atoms with Crippen molar-refractivity contribution >= 4 is 40.6 Å². The van der Waals surface area contributed by atoms with Crippen LogP contribution in [0, 0.1) is 24.5 Å². The largest absolute Gasteiger partial charge is 0.343 e. The second kappa shape index (κ2) is 11.7. The Balaban J connectivity index is 1.85. The number of nitrogens with zero attached hydrogens (tertiary/aromatic N) is 6. The zero-order chi connectivity index (χ0) is 29.3. The van der Waals surface area contributed by atoms with Gasteiger partial charge in [-0.1, -0.05) is 6.58 Å². The number of H-pyrrole nitrogens is 1. The van der Waals surface area contributed by atoms with Crippen molar-refractivity contribution in [3.63, 3.8) is 0 Å². The summed E-state index contributed by atoms with van der Waals surface area (Å²) in [6, 6.07) is 4.43. The van der Waals surface area contributed by atoms with Gasteiger partial charge in [0.1, 0.15) is 17.3 Å². The summed E-state index contributed by atoms with van der Waals surface area (Å²) in [5.41, 5.74) is 2.89. The number of benzene rings is 1. The predicted octanol–water partition coefficient (Wildman–Crippen LogP) is 5.46. The highest BCUT2D eigenvalue weighted by molar-refractivity contribution is 7.98. The van der Waals surface area contributed by atoms with Gasteiger partial charge in [-0.15, -0.1) is 11.8 Å². The summed E-state index contributed by atoms with van der Waals surface area (Å²) in [7, 11) is 6.65. The number of allylic oxidation sites excluding steroid dienone is 2. The summed E-state index contributed by atoms with van der Waals surface area (Å²) >= 11 is 1.26. The van der Waals surface area contributed by atoms with Crippen LogP contribution in [0.2, 0.25) is 0 Å². The van der Waals surface area contributed by atoms with Gasteiger partial charge in [0.15, 0.2) is 23.1 Å². The van der Waals surface area contributed by atoms with Crippen LogP contribution in [-0.4, -0.2) is 64.0 Å². The number of aliphatic imine (C=N–C) groups is 1. The van der Waals surface area contributed by atoms with E-state index in [0.29, 0.717) is 33.5 Å². The molecular weight excluding hydrogens is 534 g/mol. The molecule has 9 nitrogen and oxygen atoms in total. The SMILES string of the molecule is C=C(/C(=C(\N=C(/C)N(C)c1c(F)cc(SC)cc1F)Nc1cc(C)[nH]n1)C1CC1)c1cn(C)nc1C(=O)N(C)C. The smallest absolute Gasteiger partial charge is 0.274 e. The molecule has 40 heavy (non-hydrogen) atoms. The summed E-state index contributed by atoms with van der Waals surface area (Å²) in [5, 5.41) is 14.9. The normalized spacial score (nSPS) is 14.2. The average Bonchev–Trinajstić information content (AvgIpc) is 3.52. The van der Waals surface area contributed by atoms with Crippen molar-refractivity contribution in [2.75, 3.05) is 37.6 Å². The highest BCUT2D eigenvalue weighted by Gasteiger charge is 2.34. The van der Waals surface area contributed by atoms with E-state index >= 15 is 0 Å². The molecule has 4 rings (SSSR count). The quantitative estimate of drug-likeness (QED) is 0.154. The molecule has 1 saturated carbocycles. The van der Waals surface area contributed by atoms with Gasteiger partial charge in [-0.25, -0.2) is 13.8 Å². The van der Waals surface area contributed by atoms with Gasteiger partial charge in [0.05, 0.1) is 0 Å². The van der Waals surface area contributed by atoms with Crippen LogP contribution in [0.1, 0.15) is 41.5 Å². The van der Waals surface area contributed by atoms with E-state index in [-0.39, 0.29) is 23.2 Å². The maximum Gasteiger partial charge on any atom is 0.274 e. The Morgan fingerprint density at radius 1 is 1.23 bits per heavy atom. The molecule has 12 heteroatoms. The first-order valence-corrected chi connectivity index (χ1v) is 13.9. The van der Waals surface area contributed by atoms with E-state index < -0.39 is 11.6 Å². The van der Waals surface area contributed by atoms with Crippen LogP contribution >= 0.6 is 11.8 Å². The zero-order valence-corrected chi connectivity index (χ0v) is 24.6. The number of aryl methyl sites for hydroxylation is 2. The summed E-state index contributed by atoms with van der Waals surface area (Å²) in [4.78, 5) is 21.1. The Kier molecular flexibility index (Phi) is 8.48. The van der Waals surface area contributed by atoms with Crippen molar-refractivity contribution in [1.82, 2.24) is 24.9 Å². The lowest BCUT2D eigenvalue weighted by Gasteiger charge is -2.22. The molecule has 2 N–H and O–H groups in total. The summed E-state index contributed by atoms with van der Waals surface area (Å²) < 4.78 is 31.5. The number of nitrogens with one attached hydrogen (secondary N) is 2. The van der Waals surface area contributed by atoms with Crippen LogP contribution in [0.3, 0.4) is 0 Å². The number of halogens is 2. The van der Waals surface area contributed by atoms with Crippen LogP contribution in [-0.2, 0) is 7.05 Å². The molecule has 1 amide bonds. The molecule has 0 radical (unpaired) electrons. The van der Waals surface area contributed by atoms with Crippen LogP contribution in [0.5, 0.6) is 0 Å². The van der Waals surface area contributed by atoms with Crippen molar-refractivity contribution in [3.05, 3.63) is 71.0 Å². The summed E-state index contributed by atoms with van der Waals surface area (Å²) in [6.07, 6.45) is 5.33. The lowest BCUT2D eigenvalue weighted by molar-refractivity contribution is 0.0821. The van der Waals surface area contributed by atoms with Crippen molar-refractivity contribution < 1.29 is 13.6 Å². The monoisotopic (exact) mass is 568 g/mol. The average molecular weight is 569 g/mol. The molecule has 0 atom stereocenters. The molecule has 212 valence electrons. The van der Waals surface area contributed by atoms with Gasteiger partial charge in [0, 0.05) is 62.2 Å². The molecule has 0 saturated heterocycles. The Labute approximate surface area is 237 Å². The van der Waals surface area contributed by atoms with E-state index in [4.69, 9.17) is 4.99 Å². The standard InChI is InChI=1S/C28H34F2N8OS/c1-15-11-23(34-33-15)32-27(31-17(3)38(7)26-21(29)12-19(40-8)13-22(26)30)24(18-9-10-18)16(2)20-14-37(6)35-25(20)28(39)36(4)5/h11-14,18H,2,9-10H2,1,3-8H3,(H2,32,33,34)/b27-24-,31-17+. The first-order chi connectivity index (χ1) is 18.9. The Morgan fingerprint density at radius 3 is 2.40 bits per heavy atom. The van der Waals surface area contributed by atoms with Crippen molar-refractivity contribution in [1.29, 1.82) is 0 Å². The number of anilines is 2. The molecule has 1 aliphatic carbocycles. The second-order valence-corrected chi connectivity index (χ2v) is 10.9. The van der Waals surface area contributed by atoms with E-state index in [1.165, 1.54) is 33.7 Å². The van der Waals surface area contributed by atoms with Crippen molar-refractivity contribution in [2.45, 2.75) is 31.6 Å². The number of hydrogen-bond donors (Lipinski definition) is 2. The van der Waals surface area contributed by atoms with Crippen LogP contribution in [0.25, 0.3) is 5.57 Å². The summed E-state index contributed by atoms with van der Waals surface area (Å²) in [6.45, 7) is 7.93. The van der Waals surface area contributed by atoms with Gasteiger partial charge in [-0.2, -0.15) is 10.2 Å². The Morgan fingerprint density at radius 2 is 1.88 bits per heavy atom. The number of amides is 1. The first kappa shape index (κ1) is 29.1. The van der Waals surface area contributed by atoms with Crippen LogP contribution in [0.4, 0.5) is 20.3 Å². The third kappa shape index (κ3) is 6.11. The summed E-state index contributed by atoms with van der Waals surface area (Å²) in [5.74, 6) is -0.205. The number of aromatic amines is 1. The zero-order valence-electron chi connectivity index (χ0n) is 23.8. The predicted molar refractivity (Wildman–Crippen MR) is 157 cm³/mol. The van der Waals surface area contributed by atoms with Gasteiger partial charge < -0.3 is 15.1 Å². The van der Waals surface area contributed by atoms with Crippen molar-refractivity contribution in [2.24, 2.45) is 18.0 Å². The molecule has 1 aromatic carbocycles. The van der Waals surface area contributed by atoms with Gasteiger partial charge in [0.25, 0.3) is 5.91 Å². The number of aromatic nitrogens is 4. The van der Waals surface area contributed by atoms with Crippen molar-refractivity contribution in [3.8, 4) is 0 Å². The minimum Gasteiger partial charge on any atom is -0.343 e. The molecule has 0 bridgehead atoms. The molecule has 1 aliphatic rings. The highest BCUT2D eigenvalue weighted by atomic mass is 32.2. The van der Waals surface area contributed by atoms with Crippen LogP contribution in [0.15, 0.2) is 52.3 Å². The van der Waals surface area contributed by atoms with Crippen LogP contribution < -0.4 is 10.2 Å². The van der Waals surface area contributed by atoms with Gasteiger partial charge in [0.2, 0.25) is 0 Å². The lowest BCUT2D eigenvalue weighted by atomic mass is 9.95. The molecule has 1 fully saturated rings. The number of amidine groups is 1. The third-order valence-corrected chi connectivity index (χ3v) is 7.31. The minimum absolute atomic E-state index is 0.119. The third-order valence-electron chi connectivity index (χ3n) is 6.60. The molecule has 0 spiro atoms. The molecule has 0 aliphatic heterocycles. The number of carbonyl (C=O) groups excluding carboxylic acids is 1.